The van der Waals surface area contributed by atoms with E-state index >= 15 is 0 Å². The first kappa shape index (κ1) is 14.8. The highest BCUT2D eigenvalue weighted by molar-refractivity contribution is 5.65. The van der Waals surface area contributed by atoms with E-state index in [1.54, 1.807) is 6.20 Å². The van der Waals surface area contributed by atoms with Crippen LogP contribution in [-0.2, 0) is 0 Å². The van der Waals surface area contributed by atoms with Gasteiger partial charge in [-0.3, -0.25) is 0 Å². The SMILES string of the molecule is CCOc1ccccc1Nc1ccnc(Nc2ccccc2)n1. The predicted molar refractivity (Wildman–Crippen MR) is 92.7 cm³/mol. The van der Waals surface area contributed by atoms with Crippen LogP contribution in [0.25, 0.3) is 0 Å². The van der Waals surface area contributed by atoms with E-state index in [2.05, 4.69) is 20.6 Å². The van der Waals surface area contributed by atoms with E-state index in [1.807, 2.05) is 67.6 Å². The molecule has 0 saturated heterocycles. The zero-order valence-electron chi connectivity index (χ0n) is 12.9. The maximum absolute atomic E-state index is 5.61. The van der Waals surface area contributed by atoms with E-state index in [4.69, 9.17) is 4.74 Å². The van der Waals surface area contributed by atoms with Crippen LogP contribution in [0.2, 0.25) is 0 Å². The van der Waals surface area contributed by atoms with E-state index in [-0.39, 0.29) is 0 Å². The van der Waals surface area contributed by atoms with Crippen molar-refractivity contribution in [3.63, 3.8) is 0 Å². The van der Waals surface area contributed by atoms with Gasteiger partial charge in [0.05, 0.1) is 12.3 Å². The van der Waals surface area contributed by atoms with Crippen molar-refractivity contribution in [1.82, 2.24) is 9.97 Å². The Morgan fingerprint density at radius 2 is 1.70 bits per heavy atom. The standard InChI is InChI=1S/C18H18N4O/c1-2-23-16-11-7-6-10-15(16)21-17-12-13-19-18(22-17)20-14-8-4-3-5-9-14/h3-13H,2H2,1H3,(H2,19,20,21,22). The number of ether oxygens (including phenoxy) is 1. The van der Waals surface area contributed by atoms with Crippen molar-refractivity contribution in [1.29, 1.82) is 0 Å². The first-order valence-electron chi connectivity index (χ1n) is 7.49. The highest BCUT2D eigenvalue weighted by atomic mass is 16.5. The number of anilines is 4. The molecule has 0 bridgehead atoms. The summed E-state index contributed by atoms with van der Waals surface area (Å²) in [4.78, 5) is 8.72. The molecule has 3 aromatic rings. The molecule has 0 aliphatic carbocycles. The van der Waals surface area contributed by atoms with Crippen LogP contribution >= 0.6 is 0 Å². The van der Waals surface area contributed by atoms with Crippen LogP contribution in [0.15, 0.2) is 66.9 Å². The molecule has 0 unspecified atom stereocenters. The van der Waals surface area contributed by atoms with Crippen LogP contribution in [0.1, 0.15) is 6.92 Å². The summed E-state index contributed by atoms with van der Waals surface area (Å²) in [5.74, 6) is 2.03. The molecule has 5 nitrogen and oxygen atoms in total. The summed E-state index contributed by atoms with van der Waals surface area (Å²) in [6.45, 7) is 2.58. The minimum atomic E-state index is 0.537. The summed E-state index contributed by atoms with van der Waals surface area (Å²) < 4.78 is 5.61. The van der Waals surface area contributed by atoms with E-state index < -0.39 is 0 Å². The molecular weight excluding hydrogens is 288 g/mol. The first-order chi connectivity index (χ1) is 11.3. The van der Waals surface area contributed by atoms with Gasteiger partial charge in [0, 0.05) is 11.9 Å². The van der Waals surface area contributed by atoms with Gasteiger partial charge in [-0.15, -0.1) is 0 Å². The summed E-state index contributed by atoms with van der Waals surface area (Å²) in [7, 11) is 0. The number of benzene rings is 2. The lowest BCUT2D eigenvalue weighted by Gasteiger charge is -2.12. The van der Waals surface area contributed by atoms with Crippen LogP contribution in [0, 0.1) is 0 Å². The summed E-state index contributed by atoms with van der Waals surface area (Å²) in [6, 6.07) is 19.4. The fourth-order valence-electron chi connectivity index (χ4n) is 2.13. The van der Waals surface area contributed by atoms with Crippen LogP contribution in [-0.4, -0.2) is 16.6 Å². The minimum Gasteiger partial charge on any atom is -0.492 e. The molecule has 2 N–H and O–H groups in total. The lowest BCUT2D eigenvalue weighted by atomic mass is 10.3. The lowest BCUT2D eigenvalue weighted by Crippen LogP contribution is -2.02. The number of nitrogens with zero attached hydrogens (tertiary/aromatic N) is 2. The molecule has 2 aromatic carbocycles. The summed E-state index contributed by atoms with van der Waals surface area (Å²) in [6.07, 6.45) is 1.71. The highest BCUT2D eigenvalue weighted by Gasteiger charge is 2.05. The van der Waals surface area contributed by atoms with E-state index in [1.165, 1.54) is 0 Å². The molecule has 23 heavy (non-hydrogen) atoms. The molecule has 116 valence electrons. The molecule has 3 rings (SSSR count). The van der Waals surface area contributed by atoms with Gasteiger partial charge in [0.1, 0.15) is 11.6 Å². The molecule has 5 heteroatoms. The van der Waals surface area contributed by atoms with Gasteiger partial charge in [0.15, 0.2) is 0 Å². The molecule has 1 heterocycles. The zero-order chi connectivity index (χ0) is 15.9. The van der Waals surface area contributed by atoms with Crippen molar-refractivity contribution in [2.45, 2.75) is 6.92 Å². The van der Waals surface area contributed by atoms with Gasteiger partial charge >= 0.3 is 0 Å². The Bertz CT molecular complexity index is 762. The van der Waals surface area contributed by atoms with Gasteiger partial charge < -0.3 is 15.4 Å². The van der Waals surface area contributed by atoms with Crippen molar-refractivity contribution in [3.8, 4) is 5.75 Å². The maximum atomic E-state index is 5.61. The van der Waals surface area contributed by atoms with E-state index in [9.17, 15) is 0 Å². The van der Waals surface area contributed by atoms with Crippen LogP contribution in [0.4, 0.5) is 23.1 Å². The molecule has 0 fully saturated rings. The molecule has 0 spiro atoms. The fraction of sp³-hybridized carbons (Fsp3) is 0.111. The number of para-hydroxylation sites is 3. The minimum absolute atomic E-state index is 0.537. The molecular formula is C18H18N4O. The third-order valence-corrected chi connectivity index (χ3v) is 3.14. The molecule has 0 aliphatic heterocycles. The van der Waals surface area contributed by atoms with Gasteiger partial charge in [0.2, 0.25) is 5.95 Å². The first-order valence-corrected chi connectivity index (χ1v) is 7.49. The third kappa shape index (κ3) is 3.97. The lowest BCUT2D eigenvalue weighted by molar-refractivity contribution is 0.342. The molecule has 0 atom stereocenters. The second kappa shape index (κ2) is 7.26. The molecule has 0 aliphatic rings. The Morgan fingerprint density at radius 1 is 0.913 bits per heavy atom. The average Bonchev–Trinajstić information content (AvgIpc) is 2.58. The maximum Gasteiger partial charge on any atom is 0.229 e. The number of nitrogens with one attached hydrogen (secondary N) is 2. The summed E-state index contributed by atoms with van der Waals surface area (Å²) >= 11 is 0. The normalized spacial score (nSPS) is 10.1. The molecule has 0 amide bonds. The largest absolute Gasteiger partial charge is 0.492 e. The monoisotopic (exact) mass is 306 g/mol. The Labute approximate surface area is 135 Å². The van der Waals surface area contributed by atoms with Gasteiger partial charge in [-0.2, -0.15) is 4.98 Å². The van der Waals surface area contributed by atoms with E-state index in [0.717, 1.165) is 17.1 Å². The number of aromatic nitrogens is 2. The molecule has 0 radical (unpaired) electrons. The number of hydrogen-bond donors (Lipinski definition) is 2. The van der Waals surface area contributed by atoms with E-state index in [0.29, 0.717) is 18.4 Å². The Balaban J connectivity index is 1.78. The smallest absolute Gasteiger partial charge is 0.229 e. The Hall–Kier alpha value is -3.08. The topological polar surface area (TPSA) is 59.1 Å². The molecule has 1 aromatic heterocycles. The average molecular weight is 306 g/mol. The van der Waals surface area contributed by atoms with Gasteiger partial charge in [0.25, 0.3) is 0 Å². The van der Waals surface area contributed by atoms with Crippen molar-refractivity contribution in [2.24, 2.45) is 0 Å². The predicted octanol–water partition coefficient (Wildman–Crippen LogP) is 4.36. The van der Waals surface area contributed by atoms with Gasteiger partial charge in [-0.05, 0) is 37.3 Å². The molecule has 0 saturated carbocycles. The number of hydrogen-bond acceptors (Lipinski definition) is 5. The second-order valence-electron chi connectivity index (χ2n) is 4.81. The Morgan fingerprint density at radius 3 is 2.52 bits per heavy atom. The van der Waals surface area contributed by atoms with Crippen LogP contribution in [0.5, 0.6) is 5.75 Å². The second-order valence-corrected chi connectivity index (χ2v) is 4.81. The number of rotatable bonds is 6. The van der Waals surface area contributed by atoms with Crippen molar-refractivity contribution < 1.29 is 4.74 Å². The van der Waals surface area contributed by atoms with Gasteiger partial charge in [-0.25, -0.2) is 4.98 Å². The van der Waals surface area contributed by atoms with Crippen molar-refractivity contribution in [2.75, 3.05) is 17.2 Å². The Kier molecular flexibility index (Phi) is 4.69. The quantitative estimate of drug-likeness (QED) is 0.708. The third-order valence-electron chi connectivity index (χ3n) is 3.14. The van der Waals surface area contributed by atoms with Crippen LogP contribution in [0.3, 0.4) is 0 Å². The van der Waals surface area contributed by atoms with Crippen molar-refractivity contribution in [3.05, 3.63) is 66.9 Å². The summed E-state index contributed by atoms with van der Waals surface area (Å²) in [5.41, 5.74) is 1.82. The van der Waals surface area contributed by atoms with Gasteiger partial charge in [-0.1, -0.05) is 30.3 Å². The zero-order valence-corrected chi connectivity index (χ0v) is 12.9. The van der Waals surface area contributed by atoms with Crippen molar-refractivity contribution >= 4 is 23.1 Å². The fourth-order valence-corrected chi connectivity index (χ4v) is 2.13. The van der Waals surface area contributed by atoms with Crippen LogP contribution < -0.4 is 15.4 Å². The highest BCUT2D eigenvalue weighted by Crippen LogP contribution is 2.27. The summed E-state index contributed by atoms with van der Waals surface area (Å²) in [5, 5.41) is 6.44.